The Morgan fingerprint density at radius 2 is 1.31 bits per heavy atom. The maximum Gasteiger partial charge on any atom is 0.318 e. The molecule has 4 rings (SSSR count). The number of hydrogen-bond acceptors (Lipinski definition) is 5. The number of nitrogens with one attached hydrogen (secondary N) is 2. The quantitative estimate of drug-likeness (QED) is 0.583. The zero-order valence-electron chi connectivity index (χ0n) is 17.6. The van der Waals surface area contributed by atoms with Crippen LogP contribution in [0.15, 0.2) is 72.8 Å². The van der Waals surface area contributed by atoms with Crippen LogP contribution < -0.4 is 15.4 Å². The predicted molar refractivity (Wildman–Crippen MR) is 120 cm³/mol. The van der Waals surface area contributed by atoms with Crippen LogP contribution in [0.5, 0.6) is 11.5 Å². The summed E-state index contributed by atoms with van der Waals surface area (Å²) in [7, 11) is 0. The van der Waals surface area contributed by atoms with Gasteiger partial charge in [0, 0.05) is 29.4 Å². The van der Waals surface area contributed by atoms with Crippen LogP contribution in [-0.4, -0.2) is 23.9 Å². The van der Waals surface area contributed by atoms with Gasteiger partial charge >= 0.3 is 5.97 Å². The lowest BCUT2D eigenvalue weighted by Gasteiger charge is -2.27. The van der Waals surface area contributed by atoms with E-state index in [1.807, 2.05) is 36.4 Å². The highest BCUT2D eigenvalue weighted by atomic mass is 16.5. The minimum absolute atomic E-state index is 0.182. The summed E-state index contributed by atoms with van der Waals surface area (Å²) in [6.07, 6.45) is -1.01. The van der Waals surface area contributed by atoms with Crippen molar-refractivity contribution in [3.63, 3.8) is 0 Å². The first-order valence-electron chi connectivity index (χ1n) is 10.2. The number of rotatable bonds is 5. The molecule has 2 N–H and O–H groups in total. The molecule has 1 heterocycles. The highest BCUT2D eigenvalue weighted by molar-refractivity contribution is 5.96. The SMILES string of the molecule is CC(=O)Nc1ccc(NC(=O)C(C)OC(=O)C2c3ccccc3Oc3ccccc32)cc1. The van der Waals surface area contributed by atoms with E-state index in [2.05, 4.69) is 10.6 Å². The van der Waals surface area contributed by atoms with E-state index in [4.69, 9.17) is 9.47 Å². The summed E-state index contributed by atoms with van der Waals surface area (Å²) in [5.41, 5.74) is 2.52. The first kappa shape index (κ1) is 21.1. The largest absolute Gasteiger partial charge is 0.457 e. The number of carbonyl (C=O) groups excluding carboxylic acids is 3. The van der Waals surface area contributed by atoms with Crippen LogP contribution in [0.3, 0.4) is 0 Å². The van der Waals surface area contributed by atoms with E-state index in [0.717, 1.165) is 0 Å². The molecule has 1 aliphatic heterocycles. The number of ether oxygens (including phenoxy) is 2. The molecule has 0 bridgehead atoms. The van der Waals surface area contributed by atoms with Crippen molar-refractivity contribution in [3.05, 3.63) is 83.9 Å². The molecule has 0 fully saturated rings. The minimum atomic E-state index is -1.01. The second kappa shape index (κ2) is 8.93. The molecule has 1 atom stereocenters. The van der Waals surface area contributed by atoms with Crippen molar-refractivity contribution in [2.24, 2.45) is 0 Å². The van der Waals surface area contributed by atoms with E-state index in [0.29, 0.717) is 34.0 Å². The second-order valence-corrected chi connectivity index (χ2v) is 7.44. The summed E-state index contributed by atoms with van der Waals surface area (Å²) in [5, 5.41) is 5.37. The molecule has 32 heavy (non-hydrogen) atoms. The zero-order chi connectivity index (χ0) is 22.7. The van der Waals surface area contributed by atoms with Gasteiger partial charge in [0.1, 0.15) is 17.4 Å². The van der Waals surface area contributed by atoms with Gasteiger partial charge in [0.2, 0.25) is 5.91 Å². The van der Waals surface area contributed by atoms with Crippen LogP contribution in [0.4, 0.5) is 11.4 Å². The van der Waals surface area contributed by atoms with Gasteiger partial charge in [-0.25, -0.2) is 0 Å². The van der Waals surface area contributed by atoms with Crippen LogP contribution in [0.25, 0.3) is 0 Å². The van der Waals surface area contributed by atoms with Gasteiger partial charge in [-0.3, -0.25) is 14.4 Å². The van der Waals surface area contributed by atoms with E-state index in [1.165, 1.54) is 13.8 Å². The van der Waals surface area contributed by atoms with Gasteiger partial charge in [-0.05, 0) is 43.3 Å². The number of carbonyl (C=O) groups is 3. The lowest BCUT2D eigenvalue weighted by atomic mass is 9.88. The summed E-state index contributed by atoms with van der Waals surface area (Å²) in [6.45, 7) is 2.94. The molecule has 3 aromatic carbocycles. The molecular formula is C25H22N2O5. The van der Waals surface area contributed by atoms with Gasteiger partial charge in [0.15, 0.2) is 6.10 Å². The van der Waals surface area contributed by atoms with Gasteiger partial charge in [0.25, 0.3) is 5.91 Å². The second-order valence-electron chi connectivity index (χ2n) is 7.44. The number of anilines is 2. The van der Waals surface area contributed by atoms with Crippen LogP contribution in [-0.2, 0) is 19.1 Å². The highest BCUT2D eigenvalue weighted by Gasteiger charge is 2.35. The summed E-state index contributed by atoms with van der Waals surface area (Å²) >= 11 is 0. The Hall–Kier alpha value is -4.13. The average Bonchev–Trinajstić information content (AvgIpc) is 2.78. The van der Waals surface area contributed by atoms with E-state index in [1.54, 1.807) is 36.4 Å². The summed E-state index contributed by atoms with van der Waals surface area (Å²) in [4.78, 5) is 36.9. The average molecular weight is 430 g/mol. The molecule has 1 unspecified atom stereocenters. The van der Waals surface area contributed by atoms with Crippen LogP contribution in [0.1, 0.15) is 30.9 Å². The van der Waals surface area contributed by atoms with Gasteiger partial charge < -0.3 is 20.1 Å². The first-order chi connectivity index (χ1) is 15.4. The molecule has 162 valence electrons. The van der Waals surface area contributed by atoms with Crippen molar-refractivity contribution in [1.29, 1.82) is 0 Å². The fourth-order valence-corrected chi connectivity index (χ4v) is 3.54. The number of hydrogen-bond donors (Lipinski definition) is 2. The van der Waals surface area contributed by atoms with Gasteiger partial charge in [-0.1, -0.05) is 36.4 Å². The third-order valence-electron chi connectivity index (χ3n) is 5.05. The van der Waals surface area contributed by atoms with Crippen molar-refractivity contribution in [2.45, 2.75) is 25.9 Å². The maximum absolute atomic E-state index is 13.1. The fourth-order valence-electron chi connectivity index (χ4n) is 3.54. The van der Waals surface area contributed by atoms with Gasteiger partial charge in [0.05, 0.1) is 0 Å². The molecule has 3 aromatic rings. The van der Waals surface area contributed by atoms with E-state index >= 15 is 0 Å². The summed E-state index contributed by atoms with van der Waals surface area (Å²) in [6, 6.07) is 21.2. The monoisotopic (exact) mass is 430 g/mol. The molecule has 0 aliphatic carbocycles. The lowest BCUT2D eigenvalue weighted by molar-refractivity contribution is -0.153. The third-order valence-corrected chi connectivity index (χ3v) is 5.05. The molecular weight excluding hydrogens is 408 g/mol. The molecule has 7 nitrogen and oxygen atoms in total. The van der Waals surface area contributed by atoms with Crippen molar-refractivity contribution in [1.82, 2.24) is 0 Å². The van der Waals surface area contributed by atoms with E-state index in [-0.39, 0.29) is 5.91 Å². The number of para-hydroxylation sites is 2. The van der Waals surface area contributed by atoms with Crippen LogP contribution in [0.2, 0.25) is 0 Å². The number of amides is 2. The number of fused-ring (bicyclic) bond motifs is 2. The number of benzene rings is 3. The zero-order valence-corrected chi connectivity index (χ0v) is 17.6. The molecule has 0 radical (unpaired) electrons. The molecule has 7 heteroatoms. The number of esters is 1. The first-order valence-corrected chi connectivity index (χ1v) is 10.2. The van der Waals surface area contributed by atoms with Crippen LogP contribution >= 0.6 is 0 Å². The standard InChI is InChI=1S/C25H22N2O5/c1-15(24(29)27-18-13-11-17(12-14-18)26-16(2)28)31-25(30)23-19-7-3-5-9-21(19)32-22-10-6-4-8-20(22)23/h3-15,23H,1-2H3,(H,26,28)(H,27,29). The van der Waals surface area contributed by atoms with Crippen molar-refractivity contribution >= 4 is 29.2 Å². The molecule has 0 spiro atoms. The normalized spacial score (nSPS) is 13.1. The molecule has 2 amide bonds. The molecule has 0 saturated heterocycles. The Kier molecular flexibility index (Phi) is 5.89. The smallest absolute Gasteiger partial charge is 0.318 e. The van der Waals surface area contributed by atoms with Crippen molar-refractivity contribution in [2.75, 3.05) is 10.6 Å². The van der Waals surface area contributed by atoms with Crippen LogP contribution in [0, 0.1) is 0 Å². The highest BCUT2D eigenvalue weighted by Crippen LogP contribution is 2.44. The molecule has 0 saturated carbocycles. The minimum Gasteiger partial charge on any atom is -0.457 e. The Morgan fingerprint density at radius 3 is 1.84 bits per heavy atom. The summed E-state index contributed by atoms with van der Waals surface area (Å²) < 4.78 is 11.5. The topological polar surface area (TPSA) is 93.7 Å². The Bertz CT molecular complexity index is 1130. The van der Waals surface area contributed by atoms with E-state index < -0.39 is 23.9 Å². The maximum atomic E-state index is 13.1. The Balaban J connectivity index is 1.47. The Labute approximate surface area is 185 Å². The van der Waals surface area contributed by atoms with Crippen molar-refractivity contribution in [3.8, 4) is 11.5 Å². The third kappa shape index (κ3) is 4.46. The fraction of sp³-hybridized carbons (Fsp3) is 0.160. The van der Waals surface area contributed by atoms with Crippen molar-refractivity contribution < 1.29 is 23.9 Å². The molecule has 1 aliphatic rings. The Morgan fingerprint density at radius 1 is 0.812 bits per heavy atom. The summed E-state index contributed by atoms with van der Waals surface area (Å²) in [5.74, 6) is -0.688. The van der Waals surface area contributed by atoms with Gasteiger partial charge in [-0.2, -0.15) is 0 Å². The molecule has 0 aromatic heterocycles. The lowest BCUT2D eigenvalue weighted by Crippen LogP contribution is -2.32. The predicted octanol–water partition coefficient (Wildman–Crippen LogP) is 4.45. The van der Waals surface area contributed by atoms with Gasteiger partial charge in [-0.15, -0.1) is 0 Å². The van der Waals surface area contributed by atoms with E-state index in [9.17, 15) is 14.4 Å².